The molecule has 0 fully saturated rings. The van der Waals surface area contributed by atoms with Gasteiger partial charge in [0.25, 0.3) is 0 Å². The zero-order valence-electron chi connectivity index (χ0n) is 20.8. The third-order valence-corrected chi connectivity index (χ3v) is 5.53. The first kappa shape index (κ1) is 30.4. The maximum atomic E-state index is 14.1. The third-order valence-electron chi connectivity index (χ3n) is 5.53. The van der Waals surface area contributed by atoms with Crippen LogP contribution in [-0.4, -0.2) is 28.0 Å². The van der Waals surface area contributed by atoms with Gasteiger partial charge in [0.05, 0.1) is 5.82 Å². The van der Waals surface area contributed by atoms with E-state index in [0.717, 1.165) is 33.5 Å². The number of rotatable bonds is 7. The van der Waals surface area contributed by atoms with Crippen molar-refractivity contribution < 1.29 is 37.9 Å². The van der Waals surface area contributed by atoms with Crippen molar-refractivity contribution in [3.8, 4) is 0 Å². The van der Waals surface area contributed by atoms with E-state index in [0.29, 0.717) is 6.42 Å². The van der Waals surface area contributed by atoms with E-state index in [4.69, 9.17) is 0 Å². The number of carbonyl (C=O) groups is 2. The maximum Gasteiger partial charge on any atom is 1.00 e. The molecule has 5 nitrogen and oxygen atoms in total. The van der Waals surface area contributed by atoms with E-state index in [9.17, 15) is 19.1 Å². The van der Waals surface area contributed by atoms with Crippen molar-refractivity contribution in [1.29, 1.82) is 0 Å². The topological polar surface area (TPSA) is 79.3 Å². The van der Waals surface area contributed by atoms with Crippen molar-refractivity contribution in [2.24, 2.45) is 0 Å². The smallest absolute Gasteiger partial charge is 0.480 e. The Balaban J connectivity index is 0.00000216. The Morgan fingerprint density at radius 3 is 2.42 bits per heavy atom. The van der Waals surface area contributed by atoms with Crippen molar-refractivity contribution in [3.05, 3.63) is 135 Å². The molecular formula is C29H28FLiN2O3-2. The number of halogens is 1. The normalized spacial score (nSPS) is 10.8. The summed E-state index contributed by atoms with van der Waals surface area (Å²) in [6.45, 7) is 3.66. The molecule has 1 atom stereocenters. The molecule has 2 N–H and O–H groups in total. The van der Waals surface area contributed by atoms with Crippen LogP contribution in [0, 0.1) is 27.6 Å². The zero-order chi connectivity index (χ0) is 23.4. The molecule has 3 aromatic carbocycles. The van der Waals surface area contributed by atoms with Gasteiger partial charge in [-0.2, -0.15) is 18.6 Å². The second-order valence-corrected chi connectivity index (χ2v) is 7.85. The molecule has 4 aromatic rings. The van der Waals surface area contributed by atoms with Crippen LogP contribution < -0.4 is 24.2 Å². The molecule has 182 valence electrons. The summed E-state index contributed by atoms with van der Waals surface area (Å²) < 4.78 is 14.1. The third kappa shape index (κ3) is 6.97. The summed E-state index contributed by atoms with van der Waals surface area (Å²) in [6, 6.07) is 18.5. The molecule has 0 bridgehead atoms. The number of hydrogen-bond acceptors (Lipinski definition) is 3. The fourth-order valence-electron chi connectivity index (χ4n) is 3.91. The Morgan fingerprint density at radius 2 is 1.69 bits per heavy atom. The number of fused-ring (bicyclic) bond motifs is 1. The van der Waals surface area contributed by atoms with E-state index < -0.39 is 23.7 Å². The zero-order valence-corrected chi connectivity index (χ0v) is 20.8. The Kier molecular flexibility index (Phi) is 11.4. The Bertz CT molecular complexity index is 1320. The Labute approximate surface area is 224 Å². The van der Waals surface area contributed by atoms with E-state index in [1.807, 2.05) is 54.7 Å². The molecule has 0 radical (unpaired) electrons. The summed E-state index contributed by atoms with van der Waals surface area (Å²) in [6.07, 6.45) is 4.31. The molecule has 0 aliphatic carbocycles. The van der Waals surface area contributed by atoms with Crippen LogP contribution in [0.1, 0.15) is 32.6 Å². The first-order valence-electron chi connectivity index (χ1n) is 10.5. The summed E-state index contributed by atoms with van der Waals surface area (Å²) in [5, 5.41) is 14.3. The minimum atomic E-state index is -1.21. The summed E-state index contributed by atoms with van der Waals surface area (Å²) in [5.41, 5.74) is 2.82. The number of benzene rings is 3. The van der Waals surface area contributed by atoms with E-state index in [2.05, 4.69) is 17.2 Å². The van der Waals surface area contributed by atoms with Crippen molar-refractivity contribution in [2.75, 3.05) is 0 Å². The fourth-order valence-corrected chi connectivity index (χ4v) is 3.91. The van der Waals surface area contributed by atoms with Crippen LogP contribution in [0.4, 0.5) is 4.39 Å². The number of aromatic nitrogens is 1. The number of carbonyl (C=O) groups excluding carboxylic acids is 1. The number of nitrogens with one attached hydrogen (secondary N) is 1. The number of amides is 1. The average Bonchev–Trinajstić information content (AvgIpc) is 2.79. The molecule has 36 heavy (non-hydrogen) atoms. The minimum absolute atomic E-state index is 0. The second-order valence-electron chi connectivity index (χ2n) is 7.85. The van der Waals surface area contributed by atoms with Gasteiger partial charge in [-0.25, -0.2) is 9.18 Å². The van der Waals surface area contributed by atoms with E-state index in [1.54, 1.807) is 6.20 Å². The molecular weight excluding hydrogens is 450 g/mol. The van der Waals surface area contributed by atoms with Crippen LogP contribution >= 0.6 is 0 Å². The fraction of sp³-hybridized carbons (Fsp3) is 0.103. The minimum Gasteiger partial charge on any atom is -0.480 e. The molecule has 7 heteroatoms. The molecule has 4 rings (SSSR count). The van der Waals surface area contributed by atoms with Crippen molar-refractivity contribution >= 4 is 22.6 Å². The maximum absolute atomic E-state index is 14.1. The van der Waals surface area contributed by atoms with Crippen LogP contribution in [0.3, 0.4) is 0 Å². The summed E-state index contributed by atoms with van der Waals surface area (Å²) in [4.78, 5) is 28.6. The van der Waals surface area contributed by atoms with E-state index >= 15 is 0 Å². The molecule has 0 unspecified atom stereocenters. The average molecular weight is 478 g/mol. The Hall–Kier alpha value is -3.59. The molecule has 0 saturated heterocycles. The van der Waals surface area contributed by atoms with Gasteiger partial charge in [-0.05, 0) is 40.1 Å². The first-order valence-corrected chi connectivity index (χ1v) is 10.5. The monoisotopic (exact) mass is 478 g/mol. The molecule has 0 aliphatic rings. The number of pyridine rings is 1. The predicted octanol–water partition coefficient (Wildman–Crippen LogP) is 2.48. The number of carboxylic acid groups (broad SMARTS) is 1. The van der Waals surface area contributed by atoms with Crippen molar-refractivity contribution in [2.45, 2.75) is 18.9 Å². The van der Waals surface area contributed by atoms with Gasteiger partial charge in [0, 0.05) is 24.2 Å². The van der Waals surface area contributed by atoms with Gasteiger partial charge in [0.15, 0.2) is 5.91 Å². The van der Waals surface area contributed by atoms with Crippen molar-refractivity contribution in [3.63, 3.8) is 0 Å². The van der Waals surface area contributed by atoms with Crippen LogP contribution in [0.5, 0.6) is 0 Å². The molecule has 0 spiro atoms. The largest absolute Gasteiger partial charge is 1.00 e. The van der Waals surface area contributed by atoms with Gasteiger partial charge in [-0.3, -0.25) is 9.78 Å². The Morgan fingerprint density at radius 1 is 1.00 bits per heavy atom. The summed E-state index contributed by atoms with van der Waals surface area (Å²) in [5.74, 6) is -2.74. The van der Waals surface area contributed by atoms with Crippen molar-refractivity contribution in [1.82, 2.24) is 10.3 Å². The molecule has 1 aromatic heterocycles. The van der Waals surface area contributed by atoms with Gasteiger partial charge in [0.2, 0.25) is 0 Å². The molecule has 1 amide bonds. The van der Waals surface area contributed by atoms with Gasteiger partial charge in [-0.1, -0.05) is 48.5 Å². The second kappa shape index (κ2) is 13.5. The van der Waals surface area contributed by atoms with Crippen LogP contribution in [0.25, 0.3) is 10.8 Å². The molecule has 1 heterocycles. The number of carboxylic acids is 1. The SMILES string of the molecule is [CH2-]c1cccc(F)c1C(=O)N[C@@H](Cc1cccc(Cc2cccc3ccncc23)c1)C(=O)O.[CH3-].[CH3-].[Li+]. The number of hydrogen-bond donors (Lipinski definition) is 2. The number of nitrogens with zero attached hydrogens (tertiary/aromatic N) is 1. The first-order chi connectivity index (χ1) is 15.9. The van der Waals surface area contributed by atoms with Crippen LogP contribution in [-0.2, 0) is 17.6 Å². The van der Waals surface area contributed by atoms with Gasteiger partial charge in [-0.15, -0.1) is 6.07 Å². The van der Waals surface area contributed by atoms with E-state index in [-0.39, 0.29) is 51.3 Å². The van der Waals surface area contributed by atoms with Gasteiger partial charge in [0.1, 0.15) is 6.04 Å². The summed E-state index contributed by atoms with van der Waals surface area (Å²) in [7, 11) is 0. The molecule has 0 aliphatic heterocycles. The quantitative estimate of drug-likeness (QED) is 0.316. The molecule has 0 saturated carbocycles. The van der Waals surface area contributed by atoms with Gasteiger partial charge < -0.3 is 25.3 Å². The van der Waals surface area contributed by atoms with Crippen LogP contribution in [0.2, 0.25) is 0 Å². The van der Waals surface area contributed by atoms with Gasteiger partial charge >= 0.3 is 24.8 Å². The van der Waals surface area contributed by atoms with Crippen LogP contribution in [0.15, 0.2) is 79.1 Å². The predicted molar refractivity (Wildman–Crippen MR) is 137 cm³/mol. The standard InChI is InChI=1S/C27H22FN2O3.2CH3.Li/c1-17-5-2-10-23(28)25(17)26(31)30-24(27(32)33)15-19-7-3-6-18(13-19)14-21-9-4-8-20-11-12-29-16-22(20)21;;;/h2-13,16,24H,1,14-15H2,(H,30,31)(H,32,33);2*1H3;/q3*-1;+1/t24-;;;/m0.../s1. The number of aliphatic carboxylic acids is 1. The summed E-state index contributed by atoms with van der Waals surface area (Å²) >= 11 is 0. The van der Waals surface area contributed by atoms with E-state index in [1.165, 1.54) is 12.1 Å².